The Balaban J connectivity index is 1.28. The SMILES string of the molecule is Cn1nccc1-c1cc(NC(=O)Nc2ccc3c(c2)OC(F)(F)O3)ccc1OCCN1CCC1. The van der Waals surface area contributed by atoms with Crippen LogP contribution in [0.15, 0.2) is 48.7 Å². The van der Waals surface area contributed by atoms with E-state index in [0.717, 1.165) is 30.9 Å². The summed E-state index contributed by atoms with van der Waals surface area (Å²) in [4.78, 5) is 14.9. The van der Waals surface area contributed by atoms with Crippen LogP contribution in [0.1, 0.15) is 6.42 Å². The Hall–Kier alpha value is -3.86. The van der Waals surface area contributed by atoms with E-state index in [4.69, 9.17) is 4.74 Å². The second-order valence-electron chi connectivity index (χ2n) is 8.00. The number of fused-ring (bicyclic) bond motifs is 1. The molecule has 2 aliphatic heterocycles. The number of rotatable bonds is 7. The van der Waals surface area contributed by atoms with E-state index in [1.54, 1.807) is 29.1 Å². The molecular weight excluding hydrogens is 448 g/mol. The van der Waals surface area contributed by atoms with Crippen LogP contribution >= 0.6 is 0 Å². The molecular formula is C23H23F2N5O4. The number of nitrogens with zero attached hydrogens (tertiary/aromatic N) is 3. The van der Waals surface area contributed by atoms with Crippen molar-refractivity contribution in [3.8, 4) is 28.5 Å². The number of anilines is 2. The zero-order valence-electron chi connectivity index (χ0n) is 18.4. The predicted octanol–water partition coefficient (Wildman–Crippen LogP) is 4.14. The molecule has 2 N–H and O–H groups in total. The summed E-state index contributed by atoms with van der Waals surface area (Å²) in [7, 11) is 1.83. The molecule has 1 aromatic heterocycles. The van der Waals surface area contributed by atoms with Crippen molar-refractivity contribution >= 4 is 17.4 Å². The predicted molar refractivity (Wildman–Crippen MR) is 120 cm³/mol. The molecule has 0 bridgehead atoms. The molecule has 0 saturated carbocycles. The molecule has 0 unspecified atom stereocenters. The number of nitrogens with one attached hydrogen (secondary N) is 2. The lowest BCUT2D eigenvalue weighted by molar-refractivity contribution is -0.286. The lowest BCUT2D eigenvalue weighted by Crippen LogP contribution is -2.39. The quantitative estimate of drug-likeness (QED) is 0.539. The molecule has 2 aromatic carbocycles. The minimum absolute atomic E-state index is 0.0959. The van der Waals surface area contributed by atoms with E-state index in [1.165, 1.54) is 24.6 Å². The first-order valence-electron chi connectivity index (χ1n) is 10.8. The fourth-order valence-corrected chi connectivity index (χ4v) is 3.78. The molecule has 2 amide bonds. The zero-order chi connectivity index (χ0) is 23.7. The van der Waals surface area contributed by atoms with Gasteiger partial charge in [0.2, 0.25) is 0 Å². The molecule has 0 spiro atoms. The van der Waals surface area contributed by atoms with Crippen molar-refractivity contribution in [1.82, 2.24) is 14.7 Å². The number of halogens is 2. The molecule has 34 heavy (non-hydrogen) atoms. The van der Waals surface area contributed by atoms with Gasteiger partial charge in [0.15, 0.2) is 11.5 Å². The summed E-state index contributed by atoms with van der Waals surface area (Å²) >= 11 is 0. The molecule has 5 rings (SSSR count). The molecule has 1 fully saturated rings. The third kappa shape index (κ3) is 4.74. The number of amides is 2. The van der Waals surface area contributed by atoms with Crippen molar-refractivity contribution in [3.63, 3.8) is 0 Å². The van der Waals surface area contributed by atoms with Crippen molar-refractivity contribution in [2.75, 3.05) is 36.9 Å². The summed E-state index contributed by atoms with van der Waals surface area (Å²) in [5.74, 6) is 0.439. The number of alkyl halides is 2. The monoisotopic (exact) mass is 471 g/mol. The highest BCUT2D eigenvalue weighted by Gasteiger charge is 2.43. The summed E-state index contributed by atoms with van der Waals surface area (Å²) < 4.78 is 43.0. The standard InChI is InChI=1S/C23H23F2N5O4/c1-29-18(7-8-26-29)17-13-15(3-5-19(17)32-12-11-30-9-2-10-30)27-22(31)28-16-4-6-20-21(14-16)34-23(24,25)33-20/h3-8,13-14H,2,9-12H2,1H3,(H2,27,28,31). The van der Waals surface area contributed by atoms with Gasteiger partial charge in [-0.15, -0.1) is 8.78 Å². The number of carbonyl (C=O) groups excluding carboxylic acids is 1. The Morgan fingerprint density at radius 3 is 2.53 bits per heavy atom. The van der Waals surface area contributed by atoms with Crippen LogP contribution in [0.5, 0.6) is 17.2 Å². The van der Waals surface area contributed by atoms with Crippen LogP contribution in [-0.4, -0.2) is 53.2 Å². The number of hydrogen-bond donors (Lipinski definition) is 2. The normalized spacial score (nSPS) is 16.1. The number of carbonyl (C=O) groups is 1. The Bertz CT molecular complexity index is 1210. The maximum absolute atomic E-state index is 13.2. The number of benzene rings is 2. The van der Waals surface area contributed by atoms with E-state index in [9.17, 15) is 13.6 Å². The molecule has 11 heteroatoms. The average molecular weight is 471 g/mol. The number of ether oxygens (including phenoxy) is 3. The first kappa shape index (κ1) is 22.0. The highest BCUT2D eigenvalue weighted by atomic mass is 19.3. The van der Waals surface area contributed by atoms with Crippen molar-refractivity contribution in [3.05, 3.63) is 48.7 Å². The van der Waals surface area contributed by atoms with E-state index in [1.807, 2.05) is 13.1 Å². The topological polar surface area (TPSA) is 89.9 Å². The summed E-state index contributed by atoms with van der Waals surface area (Å²) in [6, 6.07) is 10.7. The Morgan fingerprint density at radius 2 is 1.82 bits per heavy atom. The van der Waals surface area contributed by atoms with Crippen LogP contribution in [0.2, 0.25) is 0 Å². The van der Waals surface area contributed by atoms with Crippen LogP contribution < -0.4 is 24.8 Å². The zero-order valence-corrected chi connectivity index (χ0v) is 18.4. The Kier molecular flexibility index (Phi) is 5.70. The van der Waals surface area contributed by atoms with Crippen LogP contribution in [-0.2, 0) is 7.05 Å². The van der Waals surface area contributed by atoms with E-state index < -0.39 is 12.3 Å². The Morgan fingerprint density at radius 1 is 1.09 bits per heavy atom. The molecule has 1 saturated heterocycles. The van der Waals surface area contributed by atoms with E-state index in [-0.39, 0.29) is 17.2 Å². The van der Waals surface area contributed by atoms with Gasteiger partial charge >= 0.3 is 12.3 Å². The smallest absolute Gasteiger partial charge is 0.492 e. The van der Waals surface area contributed by atoms with Gasteiger partial charge in [0.1, 0.15) is 12.4 Å². The molecule has 0 aliphatic carbocycles. The Labute approximate surface area is 194 Å². The number of likely N-dealkylation sites (tertiary alicyclic amines) is 1. The van der Waals surface area contributed by atoms with Gasteiger partial charge < -0.3 is 24.8 Å². The van der Waals surface area contributed by atoms with E-state index in [0.29, 0.717) is 18.0 Å². The largest absolute Gasteiger partial charge is 0.586 e. The third-order valence-corrected chi connectivity index (χ3v) is 5.61. The second kappa shape index (κ2) is 8.82. The van der Waals surface area contributed by atoms with Gasteiger partial charge in [0, 0.05) is 42.8 Å². The minimum atomic E-state index is -3.72. The first-order chi connectivity index (χ1) is 16.4. The molecule has 178 valence electrons. The van der Waals surface area contributed by atoms with Crippen LogP contribution in [0.3, 0.4) is 0 Å². The molecule has 9 nitrogen and oxygen atoms in total. The van der Waals surface area contributed by atoms with Crippen molar-refractivity contribution in [1.29, 1.82) is 0 Å². The van der Waals surface area contributed by atoms with Crippen LogP contribution in [0.25, 0.3) is 11.3 Å². The summed E-state index contributed by atoms with van der Waals surface area (Å²) in [5.41, 5.74) is 2.41. The fourth-order valence-electron chi connectivity index (χ4n) is 3.78. The van der Waals surface area contributed by atoms with Crippen LogP contribution in [0, 0.1) is 0 Å². The van der Waals surface area contributed by atoms with Gasteiger partial charge in [-0.25, -0.2) is 4.79 Å². The van der Waals surface area contributed by atoms with Crippen molar-refractivity contribution in [2.24, 2.45) is 7.05 Å². The number of hydrogen-bond acceptors (Lipinski definition) is 6. The van der Waals surface area contributed by atoms with Crippen molar-refractivity contribution < 1.29 is 27.8 Å². The lowest BCUT2D eigenvalue weighted by atomic mass is 10.1. The number of aromatic nitrogens is 2. The number of urea groups is 1. The van der Waals surface area contributed by atoms with Gasteiger partial charge in [-0.1, -0.05) is 0 Å². The third-order valence-electron chi connectivity index (χ3n) is 5.61. The molecule has 0 radical (unpaired) electrons. The summed E-state index contributed by atoms with van der Waals surface area (Å²) in [5, 5.41) is 9.58. The van der Waals surface area contributed by atoms with Gasteiger partial charge in [0.05, 0.1) is 5.69 Å². The minimum Gasteiger partial charge on any atom is -0.492 e. The van der Waals surface area contributed by atoms with Gasteiger partial charge in [-0.2, -0.15) is 5.10 Å². The van der Waals surface area contributed by atoms with E-state index in [2.05, 4.69) is 30.1 Å². The highest BCUT2D eigenvalue weighted by molar-refractivity contribution is 6.00. The maximum atomic E-state index is 13.2. The fraction of sp³-hybridized carbons (Fsp3) is 0.304. The first-order valence-corrected chi connectivity index (χ1v) is 10.8. The van der Waals surface area contributed by atoms with E-state index >= 15 is 0 Å². The average Bonchev–Trinajstić information content (AvgIpc) is 3.31. The molecule has 2 aliphatic rings. The van der Waals surface area contributed by atoms with Gasteiger partial charge in [-0.3, -0.25) is 9.58 Å². The molecule has 0 atom stereocenters. The van der Waals surface area contributed by atoms with Crippen LogP contribution in [0.4, 0.5) is 25.0 Å². The lowest BCUT2D eigenvalue weighted by Gasteiger charge is -2.30. The molecule has 3 heterocycles. The summed E-state index contributed by atoms with van der Waals surface area (Å²) in [6.07, 6.45) is -0.804. The van der Waals surface area contributed by atoms with Crippen molar-refractivity contribution in [2.45, 2.75) is 12.7 Å². The second-order valence-corrected chi connectivity index (χ2v) is 8.00. The van der Waals surface area contributed by atoms with Gasteiger partial charge in [0.25, 0.3) is 0 Å². The number of aryl methyl sites for hydroxylation is 1. The molecule has 3 aromatic rings. The summed E-state index contributed by atoms with van der Waals surface area (Å²) in [6.45, 7) is 3.61. The highest BCUT2D eigenvalue weighted by Crippen LogP contribution is 2.42. The maximum Gasteiger partial charge on any atom is 0.586 e. The van der Waals surface area contributed by atoms with Gasteiger partial charge in [-0.05, 0) is 55.9 Å².